The Hall–Kier alpha value is -0.580. The first-order valence-electron chi connectivity index (χ1n) is 7.42. The summed E-state index contributed by atoms with van der Waals surface area (Å²) in [5, 5.41) is 8.82. The summed E-state index contributed by atoms with van der Waals surface area (Å²) in [6.45, 7) is 9.38. The van der Waals surface area contributed by atoms with Gasteiger partial charge in [0.25, 0.3) is 0 Å². The number of aromatic nitrogens is 2. The minimum absolute atomic E-state index is 0.208. The zero-order valence-electron chi connectivity index (χ0n) is 13.6. The minimum Gasteiger partial charge on any atom is -0.377 e. The highest BCUT2D eigenvalue weighted by Gasteiger charge is 2.33. The lowest BCUT2D eigenvalue weighted by molar-refractivity contribution is -0.0287. The number of hydrogen-bond acceptors (Lipinski definition) is 3. The number of rotatable bonds is 8. The van der Waals surface area contributed by atoms with E-state index in [1.54, 1.807) is 7.11 Å². The molecule has 0 aliphatic heterocycles. The number of halogens is 1. The Morgan fingerprint density at radius 3 is 2.45 bits per heavy atom. The summed E-state index contributed by atoms with van der Waals surface area (Å²) in [5.74, 6) is 0. The van der Waals surface area contributed by atoms with Gasteiger partial charge in [-0.3, -0.25) is 4.68 Å². The van der Waals surface area contributed by atoms with E-state index < -0.39 is 0 Å². The van der Waals surface area contributed by atoms with Gasteiger partial charge < -0.3 is 10.1 Å². The van der Waals surface area contributed by atoms with Gasteiger partial charge in [-0.05, 0) is 26.3 Å². The Morgan fingerprint density at radius 1 is 1.40 bits per heavy atom. The molecule has 1 heterocycles. The van der Waals surface area contributed by atoms with Crippen LogP contribution in [0.4, 0.5) is 0 Å². The summed E-state index contributed by atoms with van der Waals surface area (Å²) in [7, 11) is 3.73. The molecule has 2 unspecified atom stereocenters. The molecule has 0 aliphatic carbocycles. The first-order chi connectivity index (χ1) is 9.43. The third-order valence-electron chi connectivity index (χ3n) is 4.26. The third-order valence-corrected chi connectivity index (χ3v) is 4.69. The lowest BCUT2D eigenvalue weighted by atomic mass is 9.89. The maximum Gasteiger partial charge on any atom is 0.0850 e. The van der Waals surface area contributed by atoms with Crippen LogP contribution < -0.4 is 5.32 Å². The van der Waals surface area contributed by atoms with Crippen molar-refractivity contribution in [2.24, 2.45) is 7.05 Å². The van der Waals surface area contributed by atoms with Crippen LogP contribution in [0.3, 0.4) is 0 Å². The highest BCUT2D eigenvalue weighted by molar-refractivity contribution is 6.31. The van der Waals surface area contributed by atoms with Crippen LogP contribution in [0.15, 0.2) is 0 Å². The summed E-state index contributed by atoms with van der Waals surface area (Å²) in [4.78, 5) is 0. The van der Waals surface area contributed by atoms with Crippen LogP contribution in [0.5, 0.6) is 0 Å². The van der Waals surface area contributed by atoms with E-state index in [0.717, 1.165) is 42.2 Å². The first kappa shape index (κ1) is 17.5. The Morgan fingerprint density at radius 2 is 2.05 bits per heavy atom. The van der Waals surface area contributed by atoms with Crippen molar-refractivity contribution < 1.29 is 4.74 Å². The fourth-order valence-corrected chi connectivity index (χ4v) is 2.89. The summed E-state index contributed by atoms with van der Waals surface area (Å²) in [6, 6.07) is 0.208. The van der Waals surface area contributed by atoms with Crippen molar-refractivity contribution in [1.82, 2.24) is 15.1 Å². The monoisotopic (exact) mass is 301 g/mol. The Labute approximate surface area is 127 Å². The fraction of sp³-hybridized carbons (Fsp3) is 0.800. The molecule has 0 aliphatic rings. The topological polar surface area (TPSA) is 39.1 Å². The van der Waals surface area contributed by atoms with Gasteiger partial charge >= 0.3 is 0 Å². The smallest absolute Gasteiger partial charge is 0.0850 e. The molecule has 0 radical (unpaired) electrons. The van der Waals surface area contributed by atoms with E-state index >= 15 is 0 Å². The van der Waals surface area contributed by atoms with Crippen molar-refractivity contribution in [1.29, 1.82) is 0 Å². The number of ether oxygens (including phenoxy) is 1. The van der Waals surface area contributed by atoms with Gasteiger partial charge in [0.1, 0.15) is 0 Å². The second kappa shape index (κ2) is 7.43. The molecule has 1 aromatic heterocycles. The highest BCUT2D eigenvalue weighted by atomic mass is 35.5. The zero-order valence-corrected chi connectivity index (χ0v) is 14.3. The molecule has 0 fully saturated rings. The van der Waals surface area contributed by atoms with Crippen LogP contribution in [-0.2, 0) is 24.6 Å². The van der Waals surface area contributed by atoms with Crippen LogP contribution in [0.25, 0.3) is 0 Å². The molecule has 116 valence electrons. The van der Waals surface area contributed by atoms with Crippen molar-refractivity contribution in [2.45, 2.75) is 58.6 Å². The van der Waals surface area contributed by atoms with E-state index in [0.29, 0.717) is 0 Å². The molecule has 1 aromatic rings. The standard InChI is InChI=1S/C15H28ClN3O/c1-7-11-14(16)12(19(5)18-11)10-13(17-9-3)15(4,8-2)20-6/h13,17H,7-10H2,1-6H3. The lowest BCUT2D eigenvalue weighted by Crippen LogP contribution is -2.51. The minimum atomic E-state index is -0.212. The molecule has 0 bridgehead atoms. The van der Waals surface area contributed by atoms with Crippen molar-refractivity contribution in [3.8, 4) is 0 Å². The largest absolute Gasteiger partial charge is 0.377 e. The molecule has 2 atom stereocenters. The lowest BCUT2D eigenvalue weighted by Gasteiger charge is -2.36. The van der Waals surface area contributed by atoms with Crippen molar-refractivity contribution >= 4 is 11.6 Å². The van der Waals surface area contributed by atoms with Gasteiger partial charge in [-0.25, -0.2) is 0 Å². The number of hydrogen-bond donors (Lipinski definition) is 1. The van der Waals surface area contributed by atoms with Gasteiger partial charge in [0.2, 0.25) is 0 Å². The van der Waals surface area contributed by atoms with E-state index in [9.17, 15) is 0 Å². The van der Waals surface area contributed by atoms with Gasteiger partial charge in [0.15, 0.2) is 0 Å². The second-order valence-corrected chi connectivity index (χ2v) is 5.75. The van der Waals surface area contributed by atoms with Gasteiger partial charge in [0, 0.05) is 26.6 Å². The normalized spacial score (nSPS) is 16.1. The number of methoxy groups -OCH3 is 1. The fourth-order valence-electron chi connectivity index (χ4n) is 2.52. The predicted molar refractivity (Wildman–Crippen MR) is 84.5 cm³/mol. The molecular formula is C15H28ClN3O. The summed E-state index contributed by atoms with van der Waals surface area (Å²) >= 11 is 6.46. The maximum atomic E-state index is 6.46. The summed E-state index contributed by atoms with van der Waals surface area (Å²) in [6.07, 6.45) is 2.61. The van der Waals surface area contributed by atoms with Crippen LogP contribution >= 0.6 is 11.6 Å². The second-order valence-electron chi connectivity index (χ2n) is 5.37. The van der Waals surface area contributed by atoms with Gasteiger partial charge in [-0.1, -0.05) is 32.4 Å². The van der Waals surface area contributed by atoms with Crippen LogP contribution in [0.1, 0.15) is 45.5 Å². The number of aryl methyl sites for hydroxylation is 2. The Bertz CT molecular complexity index is 427. The highest BCUT2D eigenvalue weighted by Crippen LogP contribution is 2.27. The molecule has 0 saturated carbocycles. The molecule has 20 heavy (non-hydrogen) atoms. The van der Waals surface area contributed by atoms with Gasteiger partial charge in [-0.15, -0.1) is 0 Å². The maximum absolute atomic E-state index is 6.46. The first-order valence-corrected chi connectivity index (χ1v) is 7.79. The predicted octanol–water partition coefficient (Wildman–Crippen LogP) is 2.97. The van der Waals surface area contributed by atoms with E-state index in [1.165, 1.54) is 0 Å². The van der Waals surface area contributed by atoms with Crippen LogP contribution in [-0.4, -0.2) is 35.1 Å². The zero-order chi connectivity index (χ0) is 15.3. The average Bonchev–Trinajstić information content (AvgIpc) is 2.73. The van der Waals surface area contributed by atoms with Crippen molar-refractivity contribution in [2.75, 3.05) is 13.7 Å². The van der Waals surface area contributed by atoms with Crippen molar-refractivity contribution in [3.63, 3.8) is 0 Å². The van der Waals surface area contributed by atoms with E-state index in [-0.39, 0.29) is 11.6 Å². The third kappa shape index (κ3) is 3.54. The Balaban J connectivity index is 3.05. The summed E-state index contributed by atoms with van der Waals surface area (Å²) in [5.41, 5.74) is 1.83. The van der Waals surface area contributed by atoms with Gasteiger partial charge in [0.05, 0.1) is 22.0 Å². The van der Waals surface area contributed by atoms with Gasteiger partial charge in [-0.2, -0.15) is 5.10 Å². The molecule has 0 amide bonds. The molecule has 0 saturated heterocycles. The molecule has 4 nitrogen and oxygen atoms in total. The van der Waals surface area contributed by atoms with E-state index in [1.807, 2.05) is 11.7 Å². The number of nitrogens with zero attached hydrogens (tertiary/aromatic N) is 2. The SMILES string of the molecule is CCNC(Cc1c(Cl)c(CC)nn1C)C(C)(CC)OC. The molecule has 0 aromatic carbocycles. The van der Waals surface area contributed by atoms with Crippen LogP contribution in [0.2, 0.25) is 5.02 Å². The molecule has 5 heteroatoms. The molecule has 1 rings (SSSR count). The van der Waals surface area contributed by atoms with Crippen molar-refractivity contribution in [3.05, 3.63) is 16.4 Å². The van der Waals surface area contributed by atoms with Crippen LogP contribution in [0, 0.1) is 0 Å². The van der Waals surface area contributed by atoms with E-state index in [4.69, 9.17) is 16.3 Å². The number of nitrogens with one attached hydrogen (secondary N) is 1. The van der Waals surface area contributed by atoms with E-state index in [2.05, 4.69) is 38.1 Å². The number of likely N-dealkylation sites (N-methyl/N-ethyl adjacent to an activating group) is 1. The summed E-state index contributed by atoms with van der Waals surface area (Å²) < 4.78 is 7.65. The molecule has 1 N–H and O–H groups in total. The Kier molecular flexibility index (Phi) is 6.49. The molecule has 0 spiro atoms. The quantitative estimate of drug-likeness (QED) is 0.802. The molecular weight excluding hydrogens is 274 g/mol. The average molecular weight is 302 g/mol.